The summed E-state index contributed by atoms with van der Waals surface area (Å²) >= 11 is 3.27. The molecule has 1 aliphatic heterocycles. The van der Waals surface area contributed by atoms with Crippen molar-refractivity contribution >= 4 is 27.9 Å². The molecule has 0 amide bonds. The third kappa shape index (κ3) is 2.24. The van der Waals surface area contributed by atoms with Crippen molar-refractivity contribution in [3.8, 4) is 0 Å². The Morgan fingerprint density at radius 2 is 2.19 bits per heavy atom. The summed E-state index contributed by atoms with van der Waals surface area (Å²) in [6, 6.07) is 5.05. The normalized spacial score (nSPS) is 18.8. The minimum atomic E-state index is -2.65. The molecule has 1 fully saturated rings. The van der Waals surface area contributed by atoms with E-state index in [4.69, 9.17) is 0 Å². The molecule has 1 aromatic carbocycles. The van der Waals surface area contributed by atoms with Gasteiger partial charge in [-0.2, -0.15) is 0 Å². The Morgan fingerprint density at radius 3 is 2.75 bits per heavy atom. The highest BCUT2D eigenvalue weighted by molar-refractivity contribution is 9.10. The zero-order chi connectivity index (χ0) is 11.8. The van der Waals surface area contributed by atoms with Crippen LogP contribution in [0.3, 0.4) is 0 Å². The fourth-order valence-electron chi connectivity index (χ4n) is 1.83. The maximum atomic E-state index is 13.1. The molecule has 1 aliphatic rings. The number of nitrogens with zero attached hydrogens (tertiary/aromatic N) is 1. The maximum absolute atomic E-state index is 13.1. The van der Waals surface area contributed by atoms with Crippen LogP contribution in [0.5, 0.6) is 0 Å². The Hall–Kier alpha value is -0.970. The van der Waals surface area contributed by atoms with Gasteiger partial charge in [-0.1, -0.05) is 15.9 Å². The average molecular weight is 290 g/mol. The smallest absolute Gasteiger partial charge is 0.266 e. The van der Waals surface area contributed by atoms with Gasteiger partial charge in [-0.05, 0) is 18.2 Å². The van der Waals surface area contributed by atoms with Crippen molar-refractivity contribution in [2.75, 3.05) is 18.0 Å². The third-order valence-corrected chi connectivity index (χ3v) is 3.12. The molecular formula is C11H10BrF2NO. The second kappa shape index (κ2) is 4.13. The standard InChI is InChI=1S/C11H10BrF2NO/c12-9-2-1-8(6-16)10(5-9)15-4-3-11(13,14)7-15/h1-2,5-6H,3-4,7H2. The van der Waals surface area contributed by atoms with Crippen LogP contribution in [0.2, 0.25) is 0 Å². The molecule has 0 saturated carbocycles. The Morgan fingerprint density at radius 1 is 1.44 bits per heavy atom. The van der Waals surface area contributed by atoms with Crippen molar-refractivity contribution in [2.24, 2.45) is 0 Å². The minimum absolute atomic E-state index is 0.155. The molecule has 1 heterocycles. The second-order valence-electron chi connectivity index (χ2n) is 3.85. The molecule has 16 heavy (non-hydrogen) atoms. The van der Waals surface area contributed by atoms with Gasteiger partial charge in [0.1, 0.15) is 0 Å². The van der Waals surface area contributed by atoms with Crippen molar-refractivity contribution < 1.29 is 13.6 Å². The number of carbonyl (C=O) groups is 1. The van der Waals surface area contributed by atoms with Crippen LogP contribution >= 0.6 is 15.9 Å². The summed E-state index contributed by atoms with van der Waals surface area (Å²) in [5.41, 5.74) is 1.02. The first kappa shape index (κ1) is 11.5. The van der Waals surface area contributed by atoms with Crippen molar-refractivity contribution in [2.45, 2.75) is 12.3 Å². The van der Waals surface area contributed by atoms with Crippen LogP contribution in [0.25, 0.3) is 0 Å². The molecular weight excluding hydrogens is 280 g/mol. The van der Waals surface area contributed by atoms with Gasteiger partial charge in [0.25, 0.3) is 5.92 Å². The third-order valence-electron chi connectivity index (χ3n) is 2.63. The van der Waals surface area contributed by atoms with E-state index in [0.717, 1.165) is 4.47 Å². The van der Waals surface area contributed by atoms with Crippen LogP contribution in [-0.2, 0) is 0 Å². The molecule has 2 rings (SSSR count). The summed E-state index contributed by atoms with van der Waals surface area (Å²) in [4.78, 5) is 12.4. The Labute approximate surface area is 100 Å². The number of alkyl halides is 2. The van der Waals surface area contributed by atoms with Crippen molar-refractivity contribution in [1.82, 2.24) is 0 Å². The van der Waals surface area contributed by atoms with Crippen LogP contribution in [0.1, 0.15) is 16.8 Å². The molecule has 1 saturated heterocycles. The summed E-state index contributed by atoms with van der Waals surface area (Å²) in [5, 5.41) is 0. The lowest BCUT2D eigenvalue weighted by molar-refractivity contribution is 0.0257. The van der Waals surface area contributed by atoms with Crippen molar-refractivity contribution in [3.05, 3.63) is 28.2 Å². The minimum Gasteiger partial charge on any atom is -0.365 e. The van der Waals surface area contributed by atoms with Gasteiger partial charge in [0.15, 0.2) is 6.29 Å². The Kier molecular flexibility index (Phi) is 2.97. The second-order valence-corrected chi connectivity index (χ2v) is 4.76. The summed E-state index contributed by atoms with van der Waals surface area (Å²) in [7, 11) is 0. The van der Waals surface area contributed by atoms with Gasteiger partial charge in [-0.15, -0.1) is 0 Å². The molecule has 0 aromatic heterocycles. The highest BCUT2D eigenvalue weighted by atomic mass is 79.9. The fraction of sp³-hybridized carbons (Fsp3) is 0.364. The molecule has 5 heteroatoms. The van der Waals surface area contributed by atoms with Crippen LogP contribution in [-0.4, -0.2) is 25.3 Å². The molecule has 0 radical (unpaired) electrons. The highest BCUT2D eigenvalue weighted by Gasteiger charge is 2.38. The van der Waals surface area contributed by atoms with E-state index in [1.54, 1.807) is 23.1 Å². The monoisotopic (exact) mass is 289 g/mol. The Balaban J connectivity index is 2.33. The van der Waals surface area contributed by atoms with E-state index < -0.39 is 5.92 Å². The van der Waals surface area contributed by atoms with E-state index >= 15 is 0 Å². The molecule has 86 valence electrons. The predicted molar refractivity (Wildman–Crippen MR) is 61.3 cm³/mol. The number of rotatable bonds is 2. The molecule has 0 N–H and O–H groups in total. The van der Waals surface area contributed by atoms with E-state index in [2.05, 4.69) is 15.9 Å². The number of aldehydes is 1. The number of benzene rings is 1. The van der Waals surface area contributed by atoms with Crippen LogP contribution in [0.4, 0.5) is 14.5 Å². The number of hydrogen-bond donors (Lipinski definition) is 0. The summed E-state index contributed by atoms with van der Waals surface area (Å²) in [6.07, 6.45) is 0.538. The number of carbonyl (C=O) groups excluding carboxylic acids is 1. The quantitative estimate of drug-likeness (QED) is 0.780. The van der Waals surface area contributed by atoms with Gasteiger partial charge in [-0.3, -0.25) is 4.79 Å². The summed E-state index contributed by atoms with van der Waals surface area (Å²) in [5.74, 6) is -2.65. The van der Waals surface area contributed by atoms with E-state index in [-0.39, 0.29) is 19.5 Å². The van der Waals surface area contributed by atoms with Crippen LogP contribution < -0.4 is 4.90 Å². The van der Waals surface area contributed by atoms with E-state index in [9.17, 15) is 13.6 Å². The number of halogens is 3. The molecule has 2 nitrogen and oxygen atoms in total. The highest BCUT2D eigenvalue weighted by Crippen LogP contribution is 2.33. The van der Waals surface area contributed by atoms with Gasteiger partial charge in [0.05, 0.1) is 6.54 Å². The molecule has 0 spiro atoms. The lowest BCUT2D eigenvalue weighted by Gasteiger charge is -2.20. The number of hydrogen-bond acceptors (Lipinski definition) is 2. The van der Waals surface area contributed by atoms with Crippen LogP contribution in [0, 0.1) is 0 Å². The SMILES string of the molecule is O=Cc1ccc(Br)cc1N1CCC(F)(F)C1. The molecule has 0 aliphatic carbocycles. The van der Waals surface area contributed by atoms with Crippen molar-refractivity contribution in [1.29, 1.82) is 0 Å². The molecule has 0 atom stereocenters. The zero-order valence-electron chi connectivity index (χ0n) is 8.42. The van der Waals surface area contributed by atoms with Crippen LogP contribution in [0.15, 0.2) is 22.7 Å². The van der Waals surface area contributed by atoms with Gasteiger partial charge in [0.2, 0.25) is 0 Å². The largest absolute Gasteiger partial charge is 0.365 e. The van der Waals surface area contributed by atoms with E-state index in [1.807, 2.05) is 0 Å². The first-order chi connectivity index (χ1) is 7.52. The van der Waals surface area contributed by atoms with E-state index in [1.165, 1.54) is 0 Å². The lowest BCUT2D eigenvalue weighted by atomic mass is 10.2. The first-order valence-corrected chi connectivity index (χ1v) is 5.69. The Bertz CT molecular complexity index is 422. The van der Waals surface area contributed by atoms with Gasteiger partial charge < -0.3 is 4.90 Å². The van der Waals surface area contributed by atoms with Gasteiger partial charge in [-0.25, -0.2) is 8.78 Å². The molecule has 0 bridgehead atoms. The lowest BCUT2D eigenvalue weighted by Crippen LogP contribution is -2.25. The molecule has 1 aromatic rings. The van der Waals surface area contributed by atoms with Gasteiger partial charge in [0, 0.05) is 28.7 Å². The first-order valence-electron chi connectivity index (χ1n) is 4.89. The fourth-order valence-corrected chi connectivity index (χ4v) is 2.18. The topological polar surface area (TPSA) is 20.3 Å². The summed E-state index contributed by atoms with van der Waals surface area (Å²) < 4.78 is 26.9. The molecule has 0 unspecified atom stereocenters. The predicted octanol–water partition coefficient (Wildman–Crippen LogP) is 3.11. The maximum Gasteiger partial charge on any atom is 0.266 e. The van der Waals surface area contributed by atoms with Crippen molar-refractivity contribution in [3.63, 3.8) is 0 Å². The van der Waals surface area contributed by atoms with E-state index in [0.29, 0.717) is 17.5 Å². The average Bonchev–Trinajstić information content (AvgIpc) is 2.59. The van der Waals surface area contributed by atoms with Gasteiger partial charge >= 0.3 is 0 Å². The summed E-state index contributed by atoms with van der Waals surface area (Å²) in [6.45, 7) is -0.0331. The zero-order valence-corrected chi connectivity index (χ0v) is 10.0. The number of anilines is 1.